The van der Waals surface area contributed by atoms with Crippen LogP contribution in [0.2, 0.25) is 0 Å². The zero-order chi connectivity index (χ0) is 16.8. The van der Waals surface area contributed by atoms with Crippen molar-refractivity contribution in [2.24, 2.45) is 5.92 Å². The number of benzene rings is 1. The summed E-state index contributed by atoms with van der Waals surface area (Å²) >= 11 is 0. The Bertz CT molecular complexity index is 828. The lowest BCUT2D eigenvalue weighted by molar-refractivity contribution is 0.164. The van der Waals surface area contributed by atoms with Crippen molar-refractivity contribution < 1.29 is 0 Å². The van der Waals surface area contributed by atoms with Crippen LogP contribution in [0.3, 0.4) is 0 Å². The molecule has 0 aliphatic carbocycles. The van der Waals surface area contributed by atoms with Crippen LogP contribution in [-0.4, -0.2) is 49.4 Å². The lowest BCUT2D eigenvalue weighted by Crippen LogP contribution is -2.55. The highest BCUT2D eigenvalue weighted by Gasteiger charge is 2.38. The van der Waals surface area contributed by atoms with Gasteiger partial charge in [0, 0.05) is 42.8 Å². The van der Waals surface area contributed by atoms with Gasteiger partial charge in [-0.05, 0) is 43.1 Å². The molecule has 24 heavy (non-hydrogen) atoms. The van der Waals surface area contributed by atoms with Gasteiger partial charge in [-0.15, -0.1) is 0 Å². The summed E-state index contributed by atoms with van der Waals surface area (Å²) in [5.74, 6) is 0.791. The third kappa shape index (κ3) is 2.46. The van der Waals surface area contributed by atoms with Crippen LogP contribution in [0.25, 0.3) is 10.9 Å². The largest absolute Gasteiger partial charge is 0.368 e. The van der Waals surface area contributed by atoms with E-state index >= 15 is 0 Å². The lowest BCUT2D eigenvalue weighted by atomic mass is 9.99. The Morgan fingerprint density at radius 2 is 2.00 bits per heavy atom. The summed E-state index contributed by atoms with van der Waals surface area (Å²) in [5, 5.41) is 10.5. The van der Waals surface area contributed by atoms with Gasteiger partial charge in [-0.3, -0.25) is 9.88 Å². The van der Waals surface area contributed by atoms with Crippen molar-refractivity contribution in [1.82, 2.24) is 9.88 Å². The molecule has 2 aromatic rings. The van der Waals surface area contributed by atoms with E-state index in [9.17, 15) is 5.26 Å². The molecule has 4 nitrogen and oxygen atoms in total. The molecule has 0 saturated carbocycles. The van der Waals surface area contributed by atoms with E-state index in [4.69, 9.17) is 0 Å². The molecule has 1 aromatic carbocycles. The molecule has 3 heterocycles. The molecule has 0 amide bonds. The first kappa shape index (κ1) is 15.5. The Morgan fingerprint density at radius 3 is 2.79 bits per heavy atom. The number of anilines is 1. The minimum absolute atomic E-state index is 0.567. The Hall–Kier alpha value is -2.06. The number of piperazine rings is 1. The number of hydrogen-bond donors (Lipinski definition) is 0. The number of rotatable bonds is 1. The third-order valence-corrected chi connectivity index (χ3v) is 5.58. The molecule has 2 fully saturated rings. The summed E-state index contributed by atoms with van der Waals surface area (Å²) in [6.07, 6.45) is 1.28. The molecule has 122 valence electrons. The molecule has 3 unspecified atom stereocenters. The van der Waals surface area contributed by atoms with Crippen molar-refractivity contribution in [1.29, 1.82) is 5.26 Å². The highest BCUT2D eigenvalue weighted by atomic mass is 15.3. The normalized spacial score (nSPS) is 27.2. The predicted molar refractivity (Wildman–Crippen MR) is 101 cm³/mol. The number of hydrogen-bond acceptors (Lipinski definition) is 4. The standard InChI is InChI=1S/C19H23BN4/c1-12-7-15-11-23(10-13(2)24(15)9-12)17-5-3-14(8-21)19-16(17)4-6-18(20)22-19/h3-6,12-13,15H,7,9-11,20H2,1-2H3. The summed E-state index contributed by atoms with van der Waals surface area (Å²) in [5.41, 5.74) is 3.69. The van der Waals surface area contributed by atoms with Gasteiger partial charge in [0.15, 0.2) is 7.85 Å². The molecule has 0 bridgehead atoms. The molecule has 3 atom stereocenters. The van der Waals surface area contributed by atoms with Gasteiger partial charge >= 0.3 is 0 Å². The van der Waals surface area contributed by atoms with Crippen molar-refractivity contribution in [3.05, 3.63) is 29.8 Å². The minimum Gasteiger partial charge on any atom is -0.368 e. The fourth-order valence-corrected chi connectivity index (χ4v) is 4.52. The minimum atomic E-state index is 0.567. The summed E-state index contributed by atoms with van der Waals surface area (Å²) in [6.45, 7) is 8.04. The summed E-state index contributed by atoms with van der Waals surface area (Å²) in [7, 11) is 1.98. The van der Waals surface area contributed by atoms with Crippen molar-refractivity contribution in [3.63, 3.8) is 0 Å². The molecule has 2 saturated heterocycles. The molecule has 2 aliphatic rings. The Morgan fingerprint density at radius 1 is 1.17 bits per heavy atom. The number of fused-ring (bicyclic) bond motifs is 2. The Balaban J connectivity index is 1.76. The number of nitriles is 1. The highest BCUT2D eigenvalue weighted by molar-refractivity contribution is 6.31. The van der Waals surface area contributed by atoms with Gasteiger partial charge in [0.2, 0.25) is 0 Å². The molecular formula is C19H23BN4. The maximum absolute atomic E-state index is 9.41. The molecule has 5 heteroatoms. The zero-order valence-electron chi connectivity index (χ0n) is 14.7. The van der Waals surface area contributed by atoms with Gasteiger partial charge in [-0.2, -0.15) is 5.26 Å². The van der Waals surface area contributed by atoms with E-state index in [0.29, 0.717) is 17.6 Å². The SMILES string of the molecule is Bc1ccc2c(N3CC(C)N4CC(C)CC4C3)ccc(C#N)c2n1. The van der Waals surface area contributed by atoms with E-state index in [1.165, 1.54) is 18.7 Å². The van der Waals surface area contributed by atoms with E-state index in [0.717, 1.165) is 35.5 Å². The maximum atomic E-state index is 9.41. The van der Waals surface area contributed by atoms with Crippen LogP contribution in [0, 0.1) is 17.2 Å². The second-order valence-corrected chi connectivity index (χ2v) is 7.54. The first-order chi connectivity index (χ1) is 11.6. The van der Waals surface area contributed by atoms with Crippen molar-refractivity contribution >= 4 is 30.0 Å². The van der Waals surface area contributed by atoms with Crippen LogP contribution in [-0.2, 0) is 0 Å². The van der Waals surface area contributed by atoms with E-state index in [2.05, 4.69) is 46.8 Å². The summed E-state index contributed by atoms with van der Waals surface area (Å²) in [6, 6.07) is 11.7. The molecule has 1 aromatic heterocycles. The number of pyridine rings is 1. The summed E-state index contributed by atoms with van der Waals surface area (Å²) in [4.78, 5) is 9.82. The van der Waals surface area contributed by atoms with Gasteiger partial charge in [-0.25, -0.2) is 0 Å². The van der Waals surface area contributed by atoms with E-state index < -0.39 is 0 Å². The number of nitrogens with zero attached hydrogens (tertiary/aromatic N) is 4. The fraction of sp³-hybridized carbons (Fsp3) is 0.474. The molecule has 0 radical (unpaired) electrons. The maximum Gasteiger partial charge on any atom is 0.163 e. The first-order valence-corrected chi connectivity index (χ1v) is 8.88. The number of aromatic nitrogens is 1. The van der Waals surface area contributed by atoms with Crippen molar-refractivity contribution in [2.75, 3.05) is 24.5 Å². The second kappa shape index (κ2) is 5.79. The van der Waals surface area contributed by atoms with Crippen LogP contribution >= 0.6 is 0 Å². The van der Waals surface area contributed by atoms with E-state index in [1.54, 1.807) is 0 Å². The molecule has 4 rings (SSSR count). The second-order valence-electron chi connectivity index (χ2n) is 7.54. The molecular weight excluding hydrogens is 295 g/mol. The quantitative estimate of drug-likeness (QED) is 0.743. The van der Waals surface area contributed by atoms with Crippen LogP contribution in [0.5, 0.6) is 0 Å². The van der Waals surface area contributed by atoms with Gasteiger partial charge in [0.05, 0.1) is 11.1 Å². The van der Waals surface area contributed by atoms with Crippen molar-refractivity contribution in [3.8, 4) is 6.07 Å². The predicted octanol–water partition coefficient (Wildman–Crippen LogP) is 1.28. The van der Waals surface area contributed by atoms with E-state index in [1.807, 2.05) is 20.0 Å². The molecule has 0 N–H and O–H groups in total. The average Bonchev–Trinajstić information content (AvgIpc) is 2.94. The monoisotopic (exact) mass is 318 g/mol. The van der Waals surface area contributed by atoms with Crippen LogP contribution < -0.4 is 10.5 Å². The highest BCUT2D eigenvalue weighted by Crippen LogP contribution is 2.34. The van der Waals surface area contributed by atoms with E-state index in [-0.39, 0.29) is 0 Å². The lowest BCUT2D eigenvalue weighted by Gasteiger charge is -2.43. The fourth-order valence-electron chi connectivity index (χ4n) is 4.52. The smallest absolute Gasteiger partial charge is 0.163 e. The zero-order valence-corrected chi connectivity index (χ0v) is 14.7. The van der Waals surface area contributed by atoms with Crippen LogP contribution in [0.4, 0.5) is 5.69 Å². The third-order valence-electron chi connectivity index (χ3n) is 5.58. The van der Waals surface area contributed by atoms with Crippen LogP contribution in [0.15, 0.2) is 24.3 Å². The van der Waals surface area contributed by atoms with Gasteiger partial charge in [0.1, 0.15) is 6.07 Å². The summed E-state index contributed by atoms with van der Waals surface area (Å²) < 4.78 is 0. The average molecular weight is 318 g/mol. The van der Waals surface area contributed by atoms with Gasteiger partial charge in [-0.1, -0.05) is 13.0 Å². The Labute approximate surface area is 144 Å². The van der Waals surface area contributed by atoms with Crippen molar-refractivity contribution in [2.45, 2.75) is 32.4 Å². The first-order valence-electron chi connectivity index (χ1n) is 8.88. The topological polar surface area (TPSA) is 43.2 Å². The molecule has 2 aliphatic heterocycles. The van der Waals surface area contributed by atoms with Crippen LogP contribution in [0.1, 0.15) is 25.8 Å². The van der Waals surface area contributed by atoms with Gasteiger partial charge in [0.25, 0.3) is 0 Å². The molecule has 0 spiro atoms. The Kier molecular flexibility index (Phi) is 3.73. The van der Waals surface area contributed by atoms with Gasteiger partial charge < -0.3 is 4.90 Å².